The van der Waals surface area contributed by atoms with E-state index in [1.165, 1.54) is 16.5 Å². The Morgan fingerprint density at radius 1 is 1.10 bits per heavy atom. The summed E-state index contributed by atoms with van der Waals surface area (Å²) in [7, 11) is -3.42. The van der Waals surface area contributed by atoms with E-state index < -0.39 is 10.0 Å². The number of carbonyl (C=O) groups excluding carboxylic acids is 1. The van der Waals surface area contributed by atoms with Gasteiger partial charge in [0.1, 0.15) is 5.52 Å². The molecule has 150 valence electrons. The summed E-state index contributed by atoms with van der Waals surface area (Å²) in [6.45, 7) is 1.44. The number of benzene rings is 2. The number of hydrogen-bond acceptors (Lipinski definition) is 5. The van der Waals surface area contributed by atoms with Crippen molar-refractivity contribution < 1.29 is 17.6 Å². The van der Waals surface area contributed by atoms with Gasteiger partial charge in [0.15, 0.2) is 5.58 Å². The van der Waals surface area contributed by atoms with E-state index in [4.69, 9.17) is 4.42 Å². The largest absolute Gasteiger partial charge is 0.437 e. The van der Waals surface area contributed by atoms with Crippen LogP contribution >= 0.6 is 0 Å². The van der Waals surface area contributed by atoms with Gasteiger partial charge in [0, 0.05) is 31.8 Å². The second-order valence-electron chi connectivity index (χ2n) is 6.83. The summed E-state index contributed by atoms with van der Waals surface area (Å²) in [6, 6.07) is 14.0. The van der Waals surface area contributed by atoms with Crippen LogP contribution in [0.4, 0.5) is 0 Å². The molecule has 1 saturated heterocycles. The maximum Gasteiger partial charge on any atom is 0.244 e. The minimum Gasteiger partial charge on any atom is -0.437 e. The van der Waals surface area contributed by atoms with E-state index in [1.54, 1.807) is 24.3 Å². The van der Waals surface area contributed by atoms with Gasteiger partial charge >= 0.3 is 0 Å². The molecule has 2 heterocycles. The smallest absolute Gasteiger partial charge is 0.244 e. The summed E-state index contributed by atoms with van der Waals surface area (Å²) in [5.74, 6) is 0.0684. The van der Waals surface area contributed by atoms with Crippen molar-refractivity contribution in [2.75, 3.05) is 13.1 Å². The molecule has 0 spiro atoms. The average Bonchev–Trinajstić information content (AvgIpc) is 3.41. The molecule has 0 bridgehead atoms. The summed E-state index contributed by atoms with van der Waals surface area (Å²) < 4.78 is 32.1. The first kappa shape index (κ1) is 19.4. The number of nitrogens with zero attached hydrogens (tertiary/aromatic N) is 2. The first-order chi connectivity index (χ1) is 14.0. The van der Waals surface area contributed by atoms with Crippen LogP contribution in [-0.2, 0) is 21.4 Å². The normalized spacial score (nSPS) is 15.3. The number of oxazole rings is 1. The second-order valence-corrected chi connectivity index (χ2v) is 8.76. The van der Waals surface area contributed by atoms with Gasteiger partial charge in [0.05, 0.1) is 4.90 Å². The molecule has 1 fully saturated rings. The number of sulfonamides is 1. The van der Waals surface area contributed by atoms with Crippen molar-refractivity contribution in [3.05, 3.63) is 66.1 Å². The molecule has 1 amide bonds. The number of rotatable bonds is 6. The van der Waals surface area contributed by atoms with Gasteiger partial charge in [0.25, 0.3) is 0 Å². The summed E-state index contributed by atoms with van der Waals surface area (Å²) in [4.78, 5) is 16.6. The molecule has 2 aromatic carbocycles. The fourth-order valence-electron chi connectivity index (χ4n) is 3.21. The van der Waals surface area contributed by atoms with Gasteiger partial charge in [-0.1, -0.05) is 24.3 Å². The number of aromatic nitrogens is 1. The Morgan fingerprint density at radius 2 is 1.83 bits per heavy atom. The number of para-hydroxylation sites is 2. The summed E-state index contributed by atoms with van der Waals surface area (Å²) in [6.07, 6.45) is 4.68. The minimum absolute atomic E-state index is 0.283. The highest BCUT2D eigenvalue weighted by molar-refractivity contribution is 7.89. The Kier molecular flexibility index (Phi) is 5.46. The summed E-state index contributed by atoms with van der Waals surface area (Å²) >= 11 is 0. The standard InChI is InChI=1S/C21H21N3O4S/c25-20(11-12-21-23-18-5-1-2-6-19(18)28-21)22-15-16-7-9-17(10-8-16)29(26,27)24-13-3-4-14-24/h1-2,5-12H,3-4,13-15H2,(H,22,25). The molecule has 1 N–H and O–H groups in total. The van der Waals surface area contributed by atoms with E-state index in [1.807, 2.05) is 24.3 Å². The molecule has 29 heavy (non-hydrogen) atoms. The van der Waals surface area contributed by atoms with Crippen LogP contribution in [0.5, 0.6) is 0 Å². The number of carbonyl (C=O) groups is 1. The van der Waals surface area contributed by atoms with Crippen LogP contribution in [0.3, 0.4) is 0 Å². The molecule has 0 unspecified atom stereocenters. The Balaban J connectivity index is 1.34. The average molecular weight is 411 g/mol. The number of hydrogen-bond donors (Lipinski definition) is 1. The van der Waals surface area contributed by atoms with E-state index in [2.05, 4.69) is 10.3 Å². The molecule has 4 rings (SSSR count). The minimum atomic E-state index is -3.42. The molecule has 1 aromatic heterocycles. The summed E-state index contributed by atoms with van der Waals surface area (Å²) in [5.41, 5.74) is 2.21. The van der Waals surface area contributed by atoms with Crippen molar-refractivity contribution in [1.29, 1.82) is 0 Å². The first-order valence-electron chi connectivity index (χ1n) is 9.43. The molecule has 7 nitrogen and oxygen atoms in total. The Hall–Kier alpha value is -2.97. The van der Waals surface area contributed by atoms with Crippen molar-refractivity contribution in [2.45, 2.75) is 24.3 Å². The zero-order valence-electron chi connectivity index (χ0n) is 15.7. The number of nitrogens with one attached hydrogen (secondary N) is 1. The lowest BCUT2D eigenvalue weighted by Crippen LogP contribution is -2.27. The van der Waals surface area contributed by atoms with E-state index in [9.17, 15) is 13.2 Å². The zero-order valence-corrected chi connectivity index (χ0v) is 16.6. The molecule has 8 heteroatoms. The van der Waals surface area contributed by atoms with Crippen molar-refractivity contribution in [3.63, 3.8) is 0 Å². The highest BCUT2D eigenvalue weighted by Crippen LogP contribution is 2.21. The lowest BCUT2D eigenvalue weighted by atomic mass is 10.2. The summed E-state index contributed by atoms with van der Waals surface area (Å²) in [5, 5.41) is 2.76. The predicted molar refractivity (Wildman–Crippen MR) is 109 cm³/mol. The quantitative estimate of drug-likeness (QED) is 0.630. The fraction of sp³-hybridized carbons (Fsp3) is 0.238. The molecular weight excluding hydrogens is 390 g/mol. The van der Waals surface area contributed by atoms with E-state index >= 15 is 0 Å². The maximum atomic E-state index is 12.5. The van der Waals surface area contributed by atoms with Crippen molar-refractivity contribution >= 4 is 33.1 Å². The van der Waals surface area contributed by atoms with Crippen LogP contribution in [0, 0.1) is 0 Å². The number of fused-ring (bicyclic) bond motifs is 1. The number of amides is 1. The maximum absolute atomic E-state index is 12.5. The second kappa shape index (κ2) is 8.18. The van der Waals surface area contributed by atoms with E-state index in [0.29, 0.717) is 31.1 Å². The van der Waals surface area contributed by atoms with E-state index in [-0.39, 0.29) is 10.8 Å². The lowest BCUT2D eigenvalue weighted by Gasteiger charge is -2.15. The molecule has 0 aliphatic carbocycles. The van der Waals surface area contributed by atoms with Crippen molar-refractivity contribution in [3.8, 4) is 0 Å². The van der Waals surface area contributed by atoms with Gasteiger partial charge in [-0.3, -0.25) is 4.79 Å². The molecule has 1 aliphatic rings. The van der Waals surface area contributed by atoms with Gasteiger partial charge < -0.3 is 9.73 Å². The van der Waals surface area contributed by atoms with Gasteiger partial charge in [0.2, 0.25) is 21.8 Å². The molecule has 0 atom stereocenters. The van der Waals surface area contributed by atoms with E-state index in [0.717, 1.165) is 23.9 Å². The highest BCUT2D eigenvalue weighted by atomic mass is 32.2. The van der Waals surface area contributed by atoms with Crippen LogP contribution in [0.15, 0.2) is 63.9 Å². The van der Waals surface area contributed by atoms with Gasteiger partial charge in [-0.2, -0.15) is 4.31 Å². The third kappa shape index (κ3) is 4.38. The van der Waals surface area contributed by atoms with Gasteiger partial charge in [-0.25, -0.2) is 13.4 Å². The van der Waals surface area contributed by atoms with Crippen LogP contribution in [0.2, 0.25) is 0 Å². The molecular formula is C21H21N3O4S. The Morgan fingerprint density at radius 3 is 2.55 bits per heavy atom. The topological polar surface area (TPSA) is 92.5 Å². The van der Waals surface area contributed by atoms with Gasteiger partial charge in [-0.05, 0) is 42.7 Å². The predicted octanol–water partition coefficient (Wildman–Crippen LogP) is 2.94. The van der Waals surface area contributed by atoms with Crippen molar-refractivity contribution in [2.24, 2.45) is 0 Å². The SMILES string of the molecule is O=C(C=Cc1nc2ccccc2o1)NCc1ccc(S(=O)(=O)N2CCCC2)cc1. The zero-order chi connectivity index (χ0) is 20.3. The van der Waals surface area contributed by atoms with Gasteiger partial charge in [-0.15, -0.1) is 0 Å². The third-order valence-corrected chi connectivity index (χ3v) is 6.69. The van der Waals surface area contributed by atoms with Crippen LogP contribution < -0.4 is 5.32 Å². The van der Waals surface area contributed by atoms with Crippen molar-refractivity contribution in [1.82, 2.24) is 14.6 Å². The molecule has 3 aromatic rings. The van der Waals surface area contributed by atoms with Crippen LogP contribution in [0.25, 0.3) is 17.2 Å². The van der Waals surface area contributed by atoms with Crippen LogP contribution in [-0.4, -0.2) is 36.7 Å². The highest BCUT2D eigenvalue weighted by Gasteiger charge is 2.26. The lowest BCUT2D eigenvalue weighted by molar-refractivity contribution is -0.116. The van der Waals surface area contributed by atoms with Crippen LogP contribution in [0.1, 0.15) is 24.3 Å². The molecule has 1 aliphatic heterocycles. The monoisotopic (exact) mass is 411 g/mol. The third-order valence-electron chi connectivity index (χ3n) is 4.78. The molecule has 0 radical (unpaired) electrons. The molecule has 0 saturated carbocycles. The fourth-order valence-corrected chi connectivity index (χ4v) is 4.73. The first-order valence-corrected chi connectivity index (χ1v) is 10.9. The Labute approximate surface area is 169 Å². The Bertz CT molecular complexity index is 1110.